The van der Waals surface area contributed by atoms with E-state index < -0.39 is 28.5 Å². The predicted octanol–water partition coefficient (Wildman–Crippen LogP) is 4.00. The predicted molar refractivity (Wildman–Crippen MR) is 153 cm³/mol. The Balaban J connectivity index is 1.65. The summed E-state index contributed by atoms with van der Waals surface area (Å²) in [7, 11) is -3.74. The van der Waals surface area contributed by atoms with E-state index in [1.54, 1.807) is 12.1 Å². The van der Waals surface area contributed by atoms with Crippen LogP contribution in [0, 0.1) is 0 Å². The van der Waals surface area contributed by atoms with Crippen molar-refractivity contribution in [3.05, 3.63) is 132 Å². The summed E-state index contributed by atoms with van der Waals surface area (Å²) in [5.41, 5.74) is 2.45. The number of nitrogens with zero attached hydrogens (tertiary/aromatic N) is 2. The first-order valence-corrected chi connectivity index (χ1v) is 14.8. The highest BCUT2D eigenvalue weighted by Gasteiger charge is 2.33. The van der Waals surface area contributed by atoms with Gasteiger partial charge in [0.15, 0.2) is 0 Å². The summed E-state index contributed by atoms with van der Waals surface area (Å²) < 4.78 is 32.0. The lowest BCUT2D eigenvalue weighted by atomic mass is 10.0. The van der Waals surface area contributed by atoms with Crippen molar-refractivity contribution in [1.82, 2.24) is 14.5 Å². The second-order valence-corrected chi connectivity index (χ2v) is 11.5. The molecule has 0 spiro atoms. The average Bonchev–Trinajstić information content (AvgIpc) is 3.48. The Hall–Kier alpha value is -4.21. The van der Waals surface area contributed by atoms with Crippen LogP contribution in [0.3, 0.4) is 0 Å². The Morgan fingerprint density at radius 1 is 0.775 bits per heavy atom. The minimum absolute atomic E-state index is 0.0403. The molecule has 4 aromatic rings. The van der Waals surface area contributed by atoms with Crippen molar-refractivity contribution in [2.24, 2.45) is 0 Å². The van der Waals surface area contributed by atoms with E-state index in [-0.39, 0.29) is 32.0 Å². The summed E-state index contributed by atoms with van der Waals surface area (Å²) in [4.78, 5) is 29.1. The number of hydrogen-bond acceptors (Lipinski definition) is 5. The van der Waals surface area contributed by atoms with Crippen LogP contribution in [0.25, 0.3) is 0 Å². The maximum Gasteiger partial charge on any atom is 0.243 e. The molecule has 1 atom stereocenters. The maximum atomic E-state index is 14.0. The second-order valence-electron chi connectivity index (χ2n) is 9.53. The monoisotopic (exact) mass is 559 g/mol. The molecule has 1 heterocycles. The van der Waals surface area contributed by atoms with Gasteiger partial charge in [-0.3, -0.25) is 9.59 Å². The highest BCUT2D eigenvalue weighted by atomic mass is 32.2. The number of benzene rings is 3. The Bertz CT molecular complexity index is 1460. The zero-order valence-corrected chi connectivity index (χ0v) is 23.2. The number of nitrogens with one attached hydrogen (secondary N) is 1. The fraction of sp³-hybridized carbons (Fsp3) is 0.226. The Morgan fingerprint density at radius 3 is 1.85 bits per heavy atom. The van der Waals surface area contributed by atoms with Crippen LogP contribution in [-0.2, 0) is 45.7 Å². The molecule has 0 aliphatic heterocycles. The maximum absolute atomic E-state index is 14.0. The molecule has 40 heavy (non-hydrogen) atoms. The summed E-state index contributed by atoms with van der Waals surface area (Å²) >= 11 is 0. The minimum Gasteiger partial charge on any atom is -0.467 e. The van der Waals surface area contributed by atoms with Gasteiger partial charge in [0.2, 0.25) is 21.8 Å². The van der Waals surface area contributed by atoms with E-state index in [1.807, 2.05) is 91.0 Å². The molecule has 0 aliphatic rings. The van der Waals surface area contributed by atoms with Crippen molar-refractivity contribution in [2.75, 3.05) is 12.8 Å². The summed E-state index contributed by atoms with van der Waals surface area (Å²) in [5, 5.41) is 2.89. The van der Waals surface area contributed by atoms with Crippen molar-refractivity contribution in [3.8, 4) is 0 Å². The fourth-order valence-corrected chi connectivity index (χ4v) is 5.09. The summed E-state index contributed by atoms with van der Waals surface area (Å²) in [6.07, 6.45) is 2.87. The van der Waals surface area contributed by atoms with Crippen LogP contribution in [-0.4, -0.2) is 48.3 Å². The molecule has 0 radical (unpaired) electrons. The van der Waals surface area contributed by atoms with Crippen LogP contribution in [0.15, 0.2) is 114 Å². The molecular weight excluding hydrogens is 526 g/mol. The molecule has 2 amide bonds. The minimum atomic E-state index is -3.74. The third-order valence-electron chi connectivity index (χ3n) is 6.47. The molecule has 208 valence electrons. The normalized spacial score (nSPS) is 12.2. The molecule has 0 saturated heterocycles. The van der Waals surface area contributed by atoms with Gasteiger partial charge in [-0.1, -0.05) is 91.0 Å². The standard InChI is InChI=1S/C31H33N3O5S/c1-40(37,38)33(22-26-14-7-3-8-15-26)24-30(35)34(23-27-16-9-4-10-17-27)29(20-25-12-5-2-6-13-25)31(36)32-21-28-18-11-19-39-28/h2-19,29H,20-24H2,1H3,(H,32,36)/t29-/m1/s1. The number of furan rings is 1. The number of hydrogen-bond donors (Lipinski definition) is 1. The number of sulfonamides is 1. The third-order valence-corrected chi connectivity index (χ3v) is 7.66. The first kappa shape index (κ1) is 28.8. The second kappa shape index (κ2) is 13.7. The van der Waals surface area contributed by atoms with Crippen molar-refractivity contribution >= 4 is 21.8 Å². The molecule has 1 N–H and O–H groups in total. The highest BCUT2D eigenvalue weighted by Crippen LogP contribution is 2.17. The molecule has 0 aliphatic carbocycles. The van der Waals surface area contributed by atoms with Crippen LogP contribution in [0.5, 0.6) is 0 Å². The smallest absolute Gasteiger partial charge is 0.243 e. The van der Waals surface area contributed by atoms with Gasteiger partial charge in [0.1, 0.15) is 11.8 Å². The molecule has 3 aromatic carbocycles. The molecule has 9 heteroatoms. The SMILES string of the molecule is CS(=O)(=O)N(CC(=O)N(Cc1ccccc1)[C@H](Cc1ccccc1)C(=O)NCc1ccco1)Cc1ccccc1. The van der Waals surface area contributed by atoms with Crippen LogP contribution in [0.2, 0.25) is 0 Å². The van der Waals surface area contributed by atoms with E-state index in [2.05, 4.69) is 5.32 Å². The third kappa shape index (κ3) is 8.39. The summed E-state index contributed by atoms with van der Waals surface area (Å²) in [5.74, 6) is -0.253. The van der Waals surface area contributed by atoms with Gasteiger partial charge >= 0.3 is 0 Å². The van der Waals surface area contributed by atoms with Crippen LogP contribution >= 0.6 is 0 Å². The van der Waals surface area contributed by atoms with Crippen LogP contribution in [0.4, 0.5) is 0 Å². The fourth-order valence-electron chi connectivity index (χ4n) is 4.36. The van der Waals surface area contributed by atoms with Gasteiger partial charge in [0.05, 0.1) is 25.6 Å². The van der Waals surface area contributed by atoms with E-state index in [9.17, 15) is 18.0 Å². The molecule has 0 bridgehead atoms. The zero-order chi connectivity index (χ0) is 28.4. The van der Waals surface area contributed by atoms with E-state index in [0.717, 1.165) is 27.3 Å². The van der Waals surface area contributed by atoms with Gasteiger partial charge in [0.25, 0.3) is 0 Å². The van der Waals surface area contributed by atoms with Crippen LogP contribution in [0.1, 0.15) is 22.5 Å². The Morgan fingerprint density at radius 2 is 1.32 bits per heavy atom. The van der Waals surface area contributed by atoms with Gasteiger partial charge in [0, 0.05) is 19.5 Å². The van der Waals surface area contributed by atoms with Crippen molar-refractivity contribution in [1.29, 1.82) is 0 Å². The first-order valence-electron chi connectivity index (χ1n) is 13.0. The van der Waals surface area contributed by atoms with Gasteiger partial charge in [-0.2, -0.15) is 4.31 Å². The molecule has 0 saturated carbocycles. The topological polar surface area (TPSA) is 99.9 Å². The van der Waals surface area contributed by atoms with Gasteiger partial charge < -0.3 is 14.6 Å². The summed E-state index contributed by atoms with van der Waals surface area (Å²) in [6.45, 7) is -0.0712. The quantitative estimate of drug-likeness (QED) is 0.267. The molecule has 8 nitrogen and oxygen atoms in total. The van der Waals surface area contributed by atoms with Crippen molar-refractivity contribution < 1.29 is 22.4 Å². The molecule has 0 fully saturated rings. The lowest BCUT2D eigenvalue weighted by molar-refractivity contribution is -0.141. The zero-order valence-electron chi connectivity index (χ0n) is 22.3. The summed E-state index contributed by atoms with van der Waals surface area (Å²) in [6, 6.07) is 30.5. The molecular formula is C31H33N3O5S. The Kier molecular flexibility index (Phi) is 9.88. The number of rotatable bonds is 13. The van der Waals surface area contributed by atoms with Crippen molar-refractivity contribution in [2.45, 2.75) is 32.1 Å². The number of amides is 2. The Labute approximate surface area is 235 Å². The van der Waals surface area contributed by atoms with Crippen LogP contribution < -0.4 is 5.32 Å². The van der Waals surface area contributed by atoms with E-state index in [4.69, 9.17) is 4.42 Å². The molecule has 0 unspecified atom stereocenters. The lowest BCUT2D eigenvalue weighted by Crippen LogP contribution is -2.53. The highest BCUT2D eigenvalue weighted by molar-refractivity contribution is 7.88. The first-order chi connectivity index (χ1) is 19.3. The van der Waals surface area contributed by atoms with Gasteiger partial charge in [-0.15, -0.1) is 0 Å². The number of carbonyl (C=O) groups excluding carboxylic acids is 2. The van der Waals surface area contributed by atoms with E-state index >= 15 is 0 Å². The number of carbonyl (C=O) groups is 2. The average molecular weight is 560 g/mol. The molecule has 1 aromatic heterocycles. The van der Waals surface area contributed by atoms with Gasteiger partial charge in [-0.05, 0) is 28.8 Å². The lowest BCUT2D eigenvalue weighted by Gasteiger charge is -2.33. The molecule has 4 rings (SSSR count). The van der Waals surface area contributed by atoms with E-state index in [0.29, 0.717) is 5.76 Å². The largest absolute Gasteiger partial charge is 0.467 e. The van der Waals surface area contributed by atoms with Crippen molar-refractivity contribution in [3.63, 3.8) is 0 Å². The van der Waals surface area contributed by atoms with Gasteiger partial charge in [-0.25, -0.2) is 8.42 Å². The van der Waals surface area contributed by atoms with E-state index in [1.165, 1.54) is 11.2 Å².